The molecule has 5 nitrogen and oxygen atoms in total. The number of likely N-dealkylation sites (tertiary alicyclic amines) is 1. The highest BCUT2D eigenvalue weighted by Crippen LogP contribution is 2.23. The van der Waals surface area contributed by atoms with Crippen LogP contribution in [0, 0.1) is 11.5 Å². The second-order valence-electron chi connectivity index (χ2n) is 8.46. The van der Waals surface area contributed by atoms with Gasteiger partial charge in [0.05, 0.1) is 18.3 Å². The lowest BCUT2D eigenvalue weighted by atomic mass is 10.2. The summed E-state index contributed by atoms with van der Waals surface area (Å²) in [6.07, 6.45) is 1.94. The third kappa shape index (κ3) is 6.54. The number of nitrogens with zero attached hydrogens (tertiary/aromatic N) is 2. The number of carbonyl (C=O) groups excluding carboxylic acids is 1. The fraction of sp³-hybridized carbons (Fsp3) is 0.579. The first-order chi connectivity index (χ1) is 11.9. The molecular formula is C19H27ClN2O3Si. The zero-order chi connectivity index (χ0) is 19.5. The Morgan fingerprint density at radius 2 is 2.08 bits per heavy atom. The van der Waals surface area contributed by atoms with E-state index in [-0.39, 0.29) is 12.2 Å². The number of ether oxygens (including phenoxy) is 2. The van der Waals surface area contributed by atoms with Gasteiger partial charge in [-0.1, -0.05) is 37.2 Å². The lowest BCUT2D eigenvalue weighted by molar-refractivity contribution is 0.0275. The Labute approximate surface area is 162 Å². The van der Waals surface area contributed by atoms with Gasteiger partial charge in [-0.2, -0.15) is 0 Å². The standard InChI is InChI=1S/C19H27ClN2O3Si/c1-19(2,3)25-18(23)22-9-7-15(13-22)24-16-11-14(17(20)21-12-16)8-10-26(4,5)6/h11-12,15H,7,9,13H2,1-6H3/t15-/m1/s1. The molecule has 1 fully saturated rings. The topological polar surface area (TPSA) is 51.7 Å². The number of rotatable bonds is 2. The van der Waals surface area contributed by atoms with Gasteiger partial charge in [0, 0.05) is 19.0 Å². The molecule has 0 aliphatic carbocycles. The number of amides is 1. The van der Waals surface area contributed by atoms with Crippen molar-refractivity contribution in [1.82, 2.24) is 9.88 Å². The van der Waals surface area contributed by atoms with Crippen LogP contribution in [0.5, 0.6) is 5.75 Å². The van der Waals surface area contributed by atoms with Crippen LogP contribution in [0.4, 0.5) is 4.79 Å². The van der Waals surface area contributed by atoms with Crippen molar-refractivity contribution < 1.29 is 14.3 Å². The summed E-state index contributed by atoms with van der Waals surface area (Å²) in [5, 5.41) is 0.380. The number of hydrogen-bond donors (Lipinski definition) is 0. The van der Waals surface area contributed by atoms with Crippen molar-refractivity contribution in [3.8, 4) is 17.2 Å². The predicted octanol–water partition coefficient (Wildman–Crippen LogP) is 4.35. The van der Waals surface area contributed by atoms with Crippen molar-refractivity contribution in [2.24, 2.45) is 0 Å². The molecule has 1 aliphatic heterocycles. The number of hydrogen-bond acceptors (Lipinski definition) is 4. The molecule has 0 aromatic carbocycles. The first-order valence-electron chi connectivity index (χ1n) is 8.76. The summed E-state index contributed by atoms with van der Waals surface area (Å²) in [5.41, 5.74) is 3.46. The van der Waals surface area contributed by atoms with Gasteiger partial charge in [0.2, 0.25) is 0 Å². The Kier molecular flexibility index (Phi) is 6.25. The predicted molar refractivity (Wildman–Crippen MR) is 106 cm³/mol. The van der Waals surface area contributed by atoms with Gasteiger partial charge in [0.1, 0.15) is 30.7 Å². The van der Waals surface area contributed by atoms with Crippen LogP contribution in [-0.2, 0) is 4.74 Å². The quantitative estimate of drug-likeness (QED) is 0.425. The number of halogens is 1. The monoisotopic (exact) mass is 394 g/mol. The maximum Gasteiger partial charge on any atom is 0.410 e. The van der Waals surface area contributed by atoms with Crippen LogP contribution >= 0.6 is 11.6 Å². The minimum absolute atomic E-state index is 0.0942. The number of pyridine rings is 1. The van der Waals surface area contributed by atoms with Crippen molar-refractivity contribution >= 4 is 25.8 Å². The van der Waals surface area contributed by atoms with Crippen LogP contribution in [0.15, 0.2) is 12.3 Å². The number of aromatic nitrogens is 1. The molecule has 0 radical (unpaired) electrons. The van der Waals surface area contributed by atoms with Crippen LogP contribution in [0.25, 0.3) is 0 Å². The van der Waals surface area contributed by atoms with Crippen LogP contribution in [0.1, 0.15) is 32.8 Å². The van der Waals surface area contributed by atoms with E-state index < -0.39 is 13.7 Å². The molecule has 0 saturated carbocycles. The maximum atomic E-state index is 12.1. The van der Waals surface area contributed by atoms with Crippen molar-refractivity contribution in [2.75, 3.05) is 13.1 Å². The minimum Gasteiger partial charge on any atom is -0.487 e. The largest absolute Gasteiger partial charge is 0.487 e. The van der Waals surface area contributed by atoms with Gasteiger partial charge in [0.25, 0.3) is 0 Å². The fourth-order valence-corrected chi connectivity index (χ4v) is 3.01. The smallest absolute Gasteiger partial charge is 0.410 e. The third-order valence-corrected chi connectivity index (χ3v) is 4.66. The lowest BCUT2D eigenvalue weighted by Crippen LogP contribution is -2.36. The van der Waals surface area contributed by atoms with E-state index in [4.69, 9.17) is 21.1 Å². The summed E-state index contributed by atoms with van der Waals surface area (Å²) < 4.78 is 11.4. The molecule has 7 heteroatoms. The average Bonchev–Trinajstić information content (AvgIpc) is 2.94. The molecule has 0 spiro atoms. The zero-order valence-electron chi connectivity index (χ0n) is 16.4. The third-order valence-electron chi connectivity index (χ3n) is 3.49. The van der Waals surface area contributed by atoms with E-state index in [0.717, 1.165) is 6.42 Å². The summed E-state index contributed by atoms with van der Waals surface area (Å²) in [6.45, 7) is 13.2. The summed E-state index contributed by atoms with van der Waals surface area (Å²) in [6, 6.07) is 1.82. The van der Waals surface area contributed by atoms with Gasteiger partial charge >= 0.3 is 6.09 Å². The van der Waals surface area contributed by atoms with E-state index >= 15 is 0 Å². The molecule has 2 heterocycles. The maximum absolute atomic E-state index is 12.1. The molecule has 1 saturated heterocycles. The van der Waals surface area contributed by atoms with Crippen molar-refractivity contribution in [3.63, 3.8) is 0 Å². The van der Waals surface area contributed by atoms with Gasteiger partial charge in [-0.05, 0) is 20.8 Å². The molecule has 26 heavy (non-hydrogen) atoms. The van der Waals surface area contributed by atoms with E-state index in [1.165, 1.54) is 0 Å². The van der Waals surface area contributed by atoms with Crippen molar-refractivity contribution in [2.45, 2.75) is 58.5 Å². The van der Waals surface area contributed by atoms with E-state index in [1.807, 2.05) is 26.8 Å². The summed E-state index contributed by atoms with van der Waals surface area (Å²) in [7, 11) is -1.50. The van der Waals surface area contributed by atoms with Gasteiger partial charge in [0.15, 0.2) is 0 Å². The van der Waals surface area contributed by atoms with Gasteiger partial charge < -0.3 is 14.4 Å². The molecule has 0 bridgehead atoms. The summed E-state index contributed by atoms with van der Waals surface area (Å²) in [5.74, 6) is 3.74. The molecule has 1 aromatic rings. The van der Waals surface area contributed by atoms with Crippen LogP contribution in [0.3, 0.4) is 0 Å². The first kappa shape index (κ1) is 20.6. The minimum atomic E-state index is -1.50. The highest BCUT2D eigenvalue weighted by molar-refractivity contribution is 6.83. The molecular weight excluding hydrogens is 368 g/mol. The Balaban J connectivity index is 2.01. The fourth-order valence-electron chi connectivity index (χ4n) is 2.35. The first-order valence-corrected chi connectivity index (χ1v) is 12.6. The van der Waals surface area contributed by atoms with Crippen LogP contribution < -0.4 is 4.74 Å². The SMILES string of the molecule is CC(C)(C)OC(=O)N1CC[C@@H](Oc2cnc(Cl)c(C#C[Si](C)(C)C)c2)C1. The highest BCUT2D eigenvalue weighted by atomic mass is 35.5. The summed E-state index contributed by atoms with van der Waals surface area (Å²) >= 11 is 6.14. The molecule has 1 amide bonds. The lowest BCUT2D eigenvalue weighted by Gasteiger charge is -2.24. The van der Waals surface area contributed by atoms with Gasteiger partial charge in [-0.25, -0.2) is 9.78 Å². The molecule has 1 atom stereocenters. The highest BCUT2D eigenvalue weighted by Gasteiger charge is 2.31. The van der Waals surface area contributed by atoms with Crippen molar-refractivity contribution in [1.29, 1.82) is 0 Å². The number of carbonyl (C=O) groups is 1. The van der Waals surface area contributed by atoms with Gasteiger partial charge in [-0.15, -0.1) is 5.54 Å². The second-order valence-corrected chi connectivity index (χ2v) is 13.6. The molecule has 0 N–H and O–H groups in total. The molecule has 1 aromatic heterocycles. The average molecular weight is 395 g/mol. The van der Waals surface area contributed by atoms with Crippen molar-refractivity contribution in [3.05, 3.63) is 23.0 Å². The Bertz CT molecular complexity index is 729. The molecule has 2 rings (SSSR count). The molecule has 0 unspecified atom stereocenters. The van der Waals surface area contributed by atoms with Crippen LogP contribution in [0.2, 0.25) is 24.8 Å². The van der Waals surface area contributed by atoms with E-state index in [0.29, 0.717) is 29.6 Å². The van der Waals surface area contributed by atoms with E-state index in [9.17, 15) is 4.79 Å². The Morgan fingerprint density at radius 3 is 2.69 bits per heavy atom. The van der Waals surface area contributed by atoms with E-state index in [1.54, 1.807) is 11.1 Å². The normalized spacial score (nSPS) is 17.5. The van der Waals surface area contributed by atoms with Gasteiger partial charge in [-0.3, -0.25) is 0 Å². The van der Waals surface area contributed by atoms with Crippen LogP contribution in [-0.4, -0.2) is 48.8 Å². The Morgan fingerprint density at radius 1 is 1.38 bits per heavy atom. The Hall–Kier alpha value is -1.71. The molecule has 142 valence electrons. The molecule has 1 aliphatic rings. The second kappa shape index (κ2) is 7.89. The van der Waals surface area contributed by atoms with E-state index in [2.05, 4.69) is 36.1 Å². The summed E-state index contributed by atoms with van der Waals surface area (Å²) in [4.78, 5) is 18.0. The zero-order valence-corrected chi connectivity index (χ0v) is 18.1.